The zero-order valence-corrected chi connectivity index (χ0v) is 11.8. The molecule has 0 saturated carbocycles. The fourth-order valence-electron chi connectivity index (χ4n) is 1.54. The molecule has 0 radical (unpaired) electrons. The van der Waals surface area contributed by atoms with Gasteiger partial charge in [0.2, 0.25) is 0 Å². The molecule has 5 heteroatoms. The first kappa shape index (κ1) is 13.8. The van der Waals surface area contributed by atoms with Gasteiger partial charge in [-0.1, -0.05) is 22.9 Å². The van der Waals surface area contributed by atoms with Gasteiger partial charge < -0.3 is 15.3 Å². The van der Waals surface area contributed by atoms with Gasteiger partial charge in [-0.05, 0) is 24.6 Å². The van der Waals surface area contributed by atoms with Crippen molar-refractivity contribution in [3.8, 4) is 0 Å². The lowest BCUT2D eigenvalue weighted by Crippen LogP contribution is -2.29. The summed E-state index contributed by atoms with van der Waals surface area (Å²) in [7, 11) is 3.85. The maximum Gasteiger partial charge on any atom is 0.326 e. The van der Waals surface area contributed by atoms with Gasteiger partial charge in [-0.3, -0.25) is 0 Å². The first-order chi connectivity index (χ1) is 7.95. The van der Waals surface area contributed by atoms with Crippen molar-refractivity contribution in [3.63, 3.8) is 0 Å². The summed E-state index contributed by atoms with van der Waals surface area (Å²) in [6, 6.07) is 5.20. The van der Waals surface area contributed by atoms with Gasteiger partial charge >= 0.3 is 5.97 Å². The maximum absolute atomic E-state index is 11.0. The lowest BCUT2D eigenvalue weighted by molar-refractivity contribution is -0.137. The van der Waals surface area contributed by atoms with Gasteiger partial charge in [0.25, 0.3) is 0 Å². The lowest BCUT2D eigenvalue weighted by atomic mass is 10.2. The Morgan fingerprint density at radius 2 is 2.18 bits per heavy atom. The van der Waals surface area contributed by atoms with E-state index >= 15 is 0 Å². The number of carboxylic acid groups (broad SMARTS) is 1. The van der Waals surface area contributed by atoms with Gasteiger partial charge in [-0.15, -0.1) is 0 Å². The molecule has 0 saturated heterocycles. The Labute approximate surface area is 110 Å². The summed E-state index contributed by atoms with van der Waals surface area (Å²) in [6.07, 6.45) is 0.536. The predicted octanol–water partition coefficient (Wildman–Crippen LogP) is 2.79. The Balaban J connectivity index is 3.02. The first-order valence-electron chi connectivity index (χ1n) is 5.42. The topological polar surface area (TPSA) is 52.6 Å². The van der Waals surface area contributed by atoms with Crippen LogP contribution in [-0.2, 0) is 4.79 Å². The van der Waals surface area contributed by atoms with Gasteiger partial charge in [-0.2, -0.15) is 0 Å². The number of nitrogens with zero attached hydrogens (tertiary/aromatic N) is 1. The average molecular weight is 301 g/mol. The molecule has 0 aliphatic heterocycles. The standard InChI is InChI=1S/C12H17BrN2O2/c1-4-9(12(16)17)14-10-7-8(13)5-6-11(10)15(2)3/h5-7,9,14H,4H2,1-3H3,(H,16,17). The molecule has 1 aromatic rings. The molecule has 1 rings (SSSR count). The van der Waals surface area contributed by atoms with Crippen LogP contribution in [0.1, 0.15) is 13.3 Å². The van der Waals surface area contributed by atoms with Crippen molar-refractivity contribution in [2.24, 2.45) is 0 Å². The molecule has 1 aromatic carbocycles. The Hall–Kier alpha value is -1.23. The van der Waals surface area contributed by atoms with E-state index in [2.05, 4.69) is 21.2 Å². The second-order valence-electron chi connectivity index (χ2n) is 4.00. The third-order valence-electron chi connectivity index (χ3n) is 2.48. The highest BCUT2D eigenvalue weighted by atomic mass is 79.9. The van der Waals surface area contributed by atoms with E-state index < -0.39 is 12.0 Å². The SMILES string of the molecule is CCC(Nc1cc(Br)ccc1N(C)C)C(=O)O. The van der Waals surface area contributed by atoms with Gasteiger partial charge in [-0.25, -0.2) is 4.79 Å². The summed E-state index contributed by atoms with van der Waals surface area (Å²) in [5, 5.41) is 12.1. The minimum Gasteiger partial charge on any atom is -0.480 e. The second kappa shape index (κ2) is 5.91. The van der Waals surface area contributed by atoms with Gasteiger partial charge in [0.15, 0.2) is 0 Å². The van der Waals surface area contributed by atoms with Crippen molar-refractivity contribution in [2.45, 2.75) is 19.4 Å². The molecular formula is C12H17BrN2O2. The maximum atomic E-state index is 11.0. The molecule has 0 aromatic heterocycles. The highest BCUT2D eigenvalue weighted by Gasteiger charge is 2.16. The number of benzene rings is 1. The number of aliphatic carboxylic acids is 1. The summed E-state index contributed by atoms with van der Waals surface area (Å²) in [6.45, 7) is 1.85. The lowest BCUT2D eigenvalue weighted by Gasteiger charge is -2.21. The minimum absolute atomic E-state index is 0.536. The third kappa shape index (κ3) is 3.63. The van der Waals surface area contributed by atoms with E-state index in [1.165, 1.54) is 0 Å². The van der Waals surface area contributed by atoms with Gasteiger partial charge in [0, 0.05) is 18.6 Å². The van der Waals surface area contributed by atoms with Crippen LogP contribution < -0.4 is 10.2 Å². The van der Waals surface area contributed by atoms with E-state index in [4.69, 9.17) is 5.11 Å². The Bertz CT molecular complexity index is 407. The van der Waals surface area contributed by atoms with Crippen molar-refractivity contribution < 1.29 is 9.90 Å². The van der Waals surface area contributed by atoms with E-state index in [1.807, 2.05) is 44.1 Å². The molecule has 0 spiro atoms. The Morgan fingerprint density at radius 1 is 1.53 bits per heavy atom. The van der Waals surface area contributed by atoms with Crippen LogP contribution in [0, 0.1) is 0 Å². The second-order valence-corrected chi connectivity index (χ2v) is 4.91. The number of carboxylic acids is 1. The van der Waals surface area contributed by atoms with Crippen LogP contribution in [0.3, 0.4) is 0 Å². The van der Waals surface area contributed by atoms with Crippen LogP contribution in [0.4, 0.5) is 11.4 Å². The molecule has 0 heterocycles. The van der Waals surface area contributed by atoms with Crippen LogP contribution >= 0.6 is 15.9 Å². The summed E-state index contributed by atoms with van der Waals surface area (Å²) >= 11 is 3.39. The monoisotopic (exact) mass is 300 g/mol. The van der Waals surface area contributed by atoms with Gasteiger partial charge in [0.05, 0.1) is 11.4 Å². The molecule has 2 N–H and O–H groups in total. The van der Waals surface area contributed by atoms with Crippen LogP contribution in [0.25, 0.3) is 0 Å². The van der Waals surface area contributed by atoms with Gasteiger partial charge in [0.1, 0.15) is 6.04 Å². The van der Waals surface area contributed by atoms with E-state index in [9.17, 15) is 4.79 Å². The fraction of sp³-hybridized carbons (Fsp3) is 0.417. The zero-order valence-electron chi connectivity index (χ0n) is 10.2. The highest BCUT2D eigenvalue weighted by Crippen LogP contribution is 2.28. The van der Waals surface area contributed by atoms with Crippen molar-refractivity contribution in [3.05, 3.63) is 22.7 Å². The molecule has 0 bridgehead atoms. The number of rotatable bonds is 5. The molecule has 1 atom stereocenters. The highest BCUT2D eigenvalue weighted by molar-refractivity contribution is 9.10. The van der Waals surface area contributed by atoms with Crippen LogP contribution in [0.2, 0.25) is 0 Å². The van der Waals surface area contributed by atoms with Crippen molar-refractivity contribution in [2.75, 3.05) is 24.3 Å². The number of carbonyl (C=O) groups is 1. The summed E-state index contributed by atoms with van der Waals surface area (Å²) in [5.74, 6) is -0.836. The van der Waals surface area contributed by atoms with E-state index in [-0.39, 0.29) is 0 Å². The van der Waals surface area contributed by atoms with Crippen molar-refractivity contribution in [1.29, 1.82) is 0 Å². The normalized spacial score (nSPS) is 12.0. The first-order valence-corrected chi connectivity index (χ1v) is 6.21. The summed E-state index contributed by atoms with van der Waals surface area (Å²) in [4.78, 5) is 13.0. The van der Waals surface area contributed by atoms with Crippen LogP contribution in [-0.4, -0.2) is 31.2 Å². The Kier molecular flexibility index (Phi) is 4.81. The number of halogens is 1. The average Bonchev–Trinajstić information content (AvgIpc) is 2.25. The zero-order chi connectivity index (χ0) is 13.0. The quantitative estimate of drug-likeness (QED) is 0.878. The van der Waals surface area contributed by atoms with Crippen molar-refractivity contribution >= 4 is 33.3 Å². The molecule has 17 heavy (non-hydrogen) atoms. The van der Waals surface area contributed by atoms with Crippen LogP contribution in [0.15, 0.2) is 22.7 Å². The smallest absolute Gasteiger partial charge is 0.326 e. The number of hydrogen-bond acceptors (Lipinski definition) is 3. The largest absolute Gasteiger partial charge is 0.480 e. The molecule has 0 aliphatic carbocycles. The summed E-state index contributed by atoms with van der Waals surface area (Å²) < 4.78 is 0.922. The molecule has 94 valence electrons. The molecule has 0 aliphatic rings. The van der Waals surface area contributed by atoms with E-state index in [0.29, 0.717) is 6.42 Å². The summed E-state index contributed by atoms with van der Waals surface area (Å²) in [5.41, 5.74) is 1.78. The minimum atomic E-state index is -0.836. The third-order valence-corrected chi connectivity index (χ3v) is 2.97. The van der Waals surface area contributed by atoms with Crippen LogP contribution in [0.5, 0.6) is 0 Å². The molecular weight excluding hydrogens is 284 g/mol. The molecule has 0 fully saturated rings. The van der Waals surface area contributed by atoms with Crippen molar-refractivity contribution in [1.82, 2.24) is 0 Å². The molecule has 1 unspecified atom stereocenters. The predicted molar refractivity (Wildman–Crippen MR) is 73.8 cm³/mol. The number of anilines is 2. The number of nitrogens with one attached hydrogen (secondary N) is 1. The van der Waals surface area contributed by atoms with E-state index in [0.717, 1.165) is 15.8 Å². The van der Waals surface area contributed by atoms with E-state index in [1.54, 1.807) is 0 Å². The fourth-order valence-corrected chi connectivity index (χ4v) is 1.90. The molecule has 0 amide bonds. The molecule has 4 nitrogen and oxygen atoms in total. The number of hydrogen-bond donors (Lipinski definition) is 2. The Morgan fingerprint density at radius 3 is 2.65 bits per heavy atom.